The molecule has 2 aromatic carbocycles. The Labute approximate surface area is 165 Å². The minimum Gasteiger partial charge on any atom is -0.452 e. The van der Waals surface area contributed by atoms with Crippen molar-refractivity contribution in [2.75, 3.05) is 17.7 Å². The third-order valence-electron chi connectivity index (χ3n) is 3.14. The average molecular weight is 405 g/mol. The summed E-state index contributed by atoms with van der Waals surface area (Å²) in [6, 6.07) is 13.9. The molecular formula is C19H17ClN2O4S. The highest BCUT2D eigenvalue weighted by Gasteiger charge is 2.10. The number of nitrogens with one attached hydrogen (secondary N) is 1. The summed E-state index contributed by atoms with van der Waals surface area (Å²) in [4.78, 5) is 35.3. The summed E-state index contributed by atoms with van der Waals surface area (Å²) in [7, 11) is 0. The molecule has 2 amide bonds. The summed E-state index contributed by atoms with van der Waals surface area (Å²) >= 11 is 7.07. The van der Waals surface area contributed by atoms with Crippen molar-refractivity contribution in [1.82, 2.24) is 0 Å². The first-order valence-electron chi connectivity index (χ1n) is 7.84. The maximum absolute atomic E-state index is 12.0. The maximum Gasteiger partial charge on any atom is 0.331 e. The summed E-state index contributed by atoms with van der Waals surface area (Å²) in [6.45, 7) is -0.437. The van der Waals surface area contributed by atoms with Crippen LogP contribution in [0.5, 0.6) is 0 Å². The first kappa shape index (κ1) is 20.5. The van der Waals surface area contributed by atoms with Crippen molar-refractivity contribution >= 4 is 52.9 Å². The summed E-state index contributed by atoms with van der Waals surface area (Å²) in [5.74, 6) is -1.51. The number of rotatable bonds is 8. The zero-order chi connectivity index (χ0) is 19.6. The fourth-order valence-corrected chi connectivity index (χ4v) is 2.94. The number of para-hydroxylation sites is 1. The van der Waals surface area contributed by atoms with Crippen LogP contribution in [-0.2, 0) is 19.1 Å². The van der Waals surface area contributed by atoms with Crippen molar-refractivity contribution in [2.45, 2.75) is 4.90 Å². The molecule has 27 heavy (non-hydrogen) atoms. The molecule has 0 saturated carbocycles. The Kier molecular flexibility index (Phi) is 7.91. The third kappa shape index (κ3) is 7.55. The molecule has 0 unspecified atom stereocenters. The average Bonchev–Trinajstić information content (AvgIpc) is 2.64. The molecule has 0 atom stereocenters. The lowest BCUT2D eigenvalue weighted by Gasteiger charge is -2.10. The van der Waals surface area contributed by atoms with Crippen LogP contribution < -0.4 is 11.1 Å². The molecule has 2 aromatic rings. The number of hydrogen-bond acceptors (Lipinski definition) is 5. The van der Waals surface area contributed by atoms with Gasteiger partial charge in [-0.2, -0.15) is 0 Å². The Morgan fingerprint density at radius 3 is 2.67 bits per heavy atom. The molecule has 140 valence electrons. The lowest BCUT2D eigenvalue weighted by atomic mass is 10.2. The quantitative estimate of drug-likeness (QED) is 0.400. The molecular weight excluding hydrogens is 388 g/mol. The third-order valence-corrected chi connectivity index (χ3v) is 4.47. The molecule has 8 heteroatoms. The molecule has 0 aromatic heterocycles. The summed E-state index contributed by atoms with van der Waals surface area (Å²) in [5.41, 5.74) is 6.39. The molecule has 6 nitrogen and oxygen atoms in total. The van der Waals surface area contributed by atoms with Crippen molar-refractivity contribution in [1.29, 1.82) is 0 Å². The highest BCUT2D eigenvalue weighted by molar-refractivity contribution is 8.00. The second kappa shape index (κ2) is 10.4. The van der Waals surface area contributed by atoms with Crippen LogP contribution in [0, 0.1) is 0 Å². The van der Waals surface area contributed by atoms with Gasteiger partial charge in [0.15, 0.2) is 6.61 Å². The molecule has 0 bridgehead atoms. The lowest BCUT2D eigenvalue weighted by molar-refractivity contribution is -0.142. The number of ether oxygens (including phenoxy) is 1. The number of carbonyl (C=O) groups is 3. The van der Waals surface area contributed by atoms with Gasteiger partial charge >= 0.3 is 5.97 Å². The second-order valence-corrected chi connectivity index (χ2v) is 6.75. The van der Waals surface area contributed by atoms with E-state index in [-0.39, 0.29) is 5.75 Å². The van der Waals surface area contributed by atoms with E-state index in [4.69, 9.17) is 22.1 Å². The topological polar surface area (TPSA) is 98.5 Å². The van der Waals surface area contributed by atoms with Gasteiger partial charge in [-0.15, -0.1) is 11.8 Å². The Balaban J connectivity index is 1.85. The van der Waals surface area contributed by atoms with Crippen LogP contribution >= 0.6 is 23.4 Å². The van der Waals surface area contributed by atoms with Crippen molar-refractivity contribution in [3.8, 4) is 0 Å². The molecule has 0 aliphatic heterocycles. The van der Waals surface area contributed by atoms with E-state index in [0.717, 1.165) is 5.56 Å². The van der Waals surface area contributed by atoms with E-state index in [9.17, 15) is 14.4 Å². The van der Waals surface area contributed by atoms with Gasteiger partial charge in [0, 0.05) is 16.0 Å². The van der Waals surface area contributed by atoms with Crippen LogP contribution in [0.3, 0.4) is 0 Å². The van der Waals surface area contributed by atoms with E-state index < -0.39 is 24.4 Å². The Bertz CT molecular complexity index is 870. The summed E-state index contributed by atoms with van der Waals surface area (Å²) in [5, 5.41) is 3.19. The van der Waals surface area contributed by atoms with E-state index in [1.165, 1.54) is 17.8 Å². The minimum atomic E-state index is -0.651. The van der Waals surface area contributed by atoms with Crippen LogP contribution in [0.25, 0.3) is 6.08 Å². The number of hydrogen-bond donors (Lipinski definition) is 2. The largest absolute Gasteiger partial charge is 0.452 e. The van der Waals surface area contributed by atoms with Crippen molar-refractivity contribution in [2.24, 2.45) is 5.73 Å². The predicted molar refractivity (Wildman–Crippen MR) is 106 cm³/mol. The number of nitrogens with two attached hydrogens (primary N) is 1. The molecule has 0 aliphatic rings. The van der Waals surface area contributed by atoms with Gasteiger partial charge in [-0.25, -0.2) is 4.79 Å². The molecule has 0 spiro atoms. The lowest BCUT2D eigenvalue weighted by Crippen LogP contribution is -2.20. The zero-order valence-electron chi connectivity index (χ0n) is 14.2. The van der Waals surface area contributed by atoms with Gasteiger partial charge in [-0.3, -0.25) is 9.59 Å². The van der Waals surface area contributed by atoms with Crippen LogP contribution in [0.2, 0.25) is 5.02 Å². The molecule has 0 saturated heterocycles. The van der Waals surface area contributed by atoms with Crippen molar-refractivity contribution in [3.63, 3.8) is 0 Å². The number of thioether (sulfide) groups is 1. The normalized spacial score (nSPS) is 10.6. The summed E-state index contributed by atoms with van der Waals surface area (Å²) < 4.78 is 4.91. The molecule has 0 heterocycles. The highest BCUT2D eigenvalue weighted by atomic mass is 35.5. The standard InChI is InChI=1S/C19H17ClN2O4S/c20-14-5-3-4-13(10-14)8-9-19(25)26-11-18(24)22-15-6-1-2-7-16(15)27-12-17(21)23/h1-10H,11-12H2,(H2,21,23)(H,22,24)/b9-8+. The Hall–Kier alpha value is -2.77. The van der Waals surface area contributed by atoms with Crippen LogP contribution in [0.1, 0.15) is 5.56 Å². The Morgan fingerprint density at radius 2 is 1.93 bits per heavy atom. The molecule has 2 rings (SSSR count). The predicted octanol–water partition coefficient (Wildman–Crippen LogP) is 3.11. The second-order valence-electron chi connectivity index (χ2n) is 5.30. The summed E-state index contributed by atoms with van der Waals surface area (Å²) in [6.07, 6.45) is 2.76. The van der Waals surface area contributed by atoms with Crippen molar-refractivity contribution in [3.05, 3.63) is 65.2 Å². The number of anilines is 1. The van der Waals surface area contributed by atoms with Gasteiger partial charge in [0.05, 0.1) is 11.4 Å². The number of primary amides is 1. The number of benzene rings is 2. The fourth-order valence-electron chi connectivity index (χ4n) is 1.99. The highest BCUT2D eigenvalue weighted by Crippen LogP contribution is 2.26. The Morgan fingerprint density at radius 1 is 1.15 bits per heavy atom. The monoisotopic (exact) mass is 404 g/mol. The van der Waals surface area contributed by atoms with E-state index in [2.05, 4.69) is 5.32 Å². The maximum atomic E-state index is 12.0. The molecule has 0 radical (unpaired) electrons. The zero-order valence-corrected chi connectivity index (χ0v) is 15.8. The van der Waals surface area contributed by atoms with Gasteiger partial charge < -0.3 is 15.8 Å². The fraction of sp³-hybridized carbons (Fsp3) is 0.105. The first-order valence-corrected chi connectivity index (χ1v) is 9.21. The van der Waals surface area contributed by atoms with Gasteiger partial charge in [0.2, 0.25) is 5.91 Å². The van der Waals surface area contributed by atoms with Gasteiger partial charge in [0.1, 0.15) is 0 Å². The first-order chi connectivity index (χ1) is 12.9. The van der Waals surface area contributed by atoms with Crippen LogP contribution in [0.15, 0.2) is 59.5 Å². The molecule has 0 aliphatic carbocycles. The smallest absolute Gasteiger partial charge is 0.331 e. The number of amides is 2. The van der Waals surface area contributed by atoms with E-state index in [1.54, 1.807) is 54.6 Å². The SMILES string of the molecule is NC(=O)CSc1ccccc1NC(=O)COC(=O)/C=C/c1cccc(Cl)c1. The van der Waals surface area contributed by atoms with E-state index >= 15 is 0 Å². The number of halogens is 1. The molecule has 3 N–H and O–H groups in total. The molecule has 0 fully saturated rings. The minimum absolute atomic E-state index is 0.0934. The van der Waals surface area contributed by atoms with E-state index in [1.807, 2.05) is 0 Å². The van der Waals surface area contributed by atoms with Crippen LogP contribution in [0.4, 0.5) is 5.69 Å². The van der Waals surface area contributed by atoms with E-state index in [0.29, 0.717) is 15.6 Å². The van der Waals surface area contributed by atoms with Crippen LogP contribution in [-0.4, -0.2) is 30.1 Å². The number of esters is 1. The van der Waals surface area contributed by atoms with Gasteiger partial charge in [0.25, 0.3) is 5.91 Å². The number of carbonyl (C=O) groups excluding carboxylic acids is 3. The van der Waals surface area contributed by atoms with Gasteiger partial charge in [-0.05, 0) is 35.9 Å². The van der Waals surface area contributed by atoms with Crippen molar-refractivity contribution < 1.29 is 19.1 Å². The van der Waals surface area contributed by atoms with Gasteiger partial charge in [-0.1, -0.05) is 35.9 Å².